The van der Waals surface area contributed by atoms with Gasteiger partial charge in [0, 0.05) is 12.8 Å². The molecule has 400 valence electrons. The molecule has 0 heterocycles. The summed E-state index contributed by atoms with van der Waals surface area (Å²) < 4.78 is 34.4. The molecule has 1 N–H and O–H groups in total. The van der Waals surface area contributed by atoms with Crippen LogP contribution in [0.4, 0.5) is 0 Å². The predicted molar refractivity (Wildman–Crippen MR) is 293 cm³/mol. The van der Waals surface area contributed by atoms with Crippen LogP contribution < -0.4 is 0 Å². The van der Waals surface area contributed by atoms with Crippen molar-refractivity contribution in [1.29, 1.82) is 0 Å². The molecule has 0 aliphatic rings. The predicted octanol–water partition coefficient (Wildman–Crippen LogP) is 17.3. The van der Waals surface area contributed by atoms with Crippen LogP contribution >= 0.6 is 7.82 Å². The molecule has 0 spiro atoms. The van der Waals surface area contributed by atoms with E-state index in [0.29, 0.717) is 23.9 Å². The number of hydrogen-bond acceptors (Lipinski definition) is 7. The number of nitrogens with zero attached hydrogens (tertiary/aromatic N) is 1. The maximum absolute atomic E-state index is 12.8. The van der Waals surface area contributed by atoms with Gasteiger partial charge in [0.05, 0.1) is 27.7 Å². The summed E-state index contributed by atoms with van der Waals surface area (Å²) in [6.45, 7) is 4.31. The Morgan fingerprint density at radius 1 is 0.464 bits per heavy atom. The highest BCUT2D eigenvalue weighted by Gasteiger charge is 2.27. The maximum Gasteiger partial charge on any atom is 0.472 e. The van der Waals surface area contributed by atoms with E-state index in [9.17, 15) is 19.0 Å². The van der Waals surface area contributed by atoms with Gasteiger partial charge in [-0.25, -0.2) is 4.57 Å². The lowest BCUT2D eigenvalue weighted by molar-refractivity contribution is -0.870. The number of phosphoric ester groups is 1. The lowest BCUT2D eigenvalue weighted by atomic mass is 10.0. The Morgan fingerprint density at radius 2 is 0.826 bits per heavy atom. The van der Waals surface area contributed by atoms with Crippen molar-refractivity contribution in [3.63, 3.8) is 0 Å². The average Bonchev–Trinajstić information content (AvgIpc) is 3.31. The van der Waals surface area contributed by atoms with E-state index in [-0.39, 0.29) is 25.6 Å². The molecule has 9 nitrogen and oxygen atoms in total. The van der Waals surface area contributed by atoms with Crippen molar-refractivity contribution in [3.8, 4) is 0 Å². The van der Waals surface area contributed by atoms with E-state index < -0.39 is 26.5 Å². The molecule has 0 bridgehead atoms. The quantitative estimate of drug-likeness (QED) is 0.0211. The Balaban J connectivity index is 3.98. The molecule has 0 saturated carbocycles. The molecule has 69 heavy (non-hydrogen) atoms. The highest BCUT2D eigenvalue weighted by Crippen LogP contribution is 2.43. The van der Waals surface area contributed by atoms with Crippen LogP contribution in [0, 0.1) is 0 Å². The van der Waals surface area contributed by atoms with Gasteiger partial charge in [-0.3, -0.25) is 18.6 Å². The minimum Gasteiger partial charge on any atom is -0.462 e. The van der Waals surface area contributed by atoms with Crippen LogP contribution in [-0.2, 0) is 32.7 Å². The lowest BCUT2D eigenvalue weighted by Gasteiger charge is -2.24. The molecule has 0 rings (SSSR count). The minimum atomic E-state index is -4.38. The summed E-state index contributed by atoms with van der Waals surface area (Å²) in [6.07, 6.45) is 65.6. The molecular weight excluding hydrogens is 882 g/mol. The van der Waals surface area contributed by atoms with E-state index in [1.54, 1.807) is 0 Å². The molecule has 0 aliphatic heterocycles. The second-order valence-corrected chi connectivity index (χ2v) is 21.4. The van der Waals surface area contributed by atoms with Crippen molar-refractivity contribution < 1.29 is 42.1 Å². The van der Waals surface area contributed by atoms with Gasteiger partial charge in [-0.05, 0) is 64.2 Å². The number of phosphoric acid groups is 1. The fraction of sp³-hybridized carbons (Fsp3) is 0.763. The molecule has 10 heteroatoms. The molecule has 0 saturated heterocycles. The second kappa shape index (κ2) is 50.4. The van der Waals surface area contributed by atoms with Crippen LogP contribution in [0.25, 0.3) is 0 Å². The third kappa shape index (κ3) is 54.6. The van der Waals surface area contributed by atoms with Crippen molar-refractivity contribution in [3.05, 3.63) is 72.9 Å². The summed E-state index contributed by atoms with van der Waals surface area (Å²) in [4.78, 5) is 35.5. The molecule has 2 unspecified atom stereocenters. The first kappa shape index (κ1) is 66.5. The number of esters is 2. The zero-order chi connectivity index (χ0) is 50.6. The third-order valence-electron chi connectivity index (χ3n) is 12.0. The van der Waals surface area contributed by atoms with Gasteiger partial charge in [0.1, 0.15) is 19.8 Å². The molecule has 0 aliphatic carbocycles. The van der Waals surface area contributed by atoms with Crippen LogP contribution in [0.5, 0.6) is 0 Å². The fourth-order valence-corrected chi connectivity index (χ4v) is 8.41. The van der Waals surface area contributed by atoms with Gasteiger partial charge in [0.2, 0.25) is 0 Å². The summed E-state index contributed by atoms with van der Waals surface area (Å²) in [6, 6.07) is 0. The largest absolute Gasteiger partial charge is 0.472 e. The summed E-state index contributed by atoms with van der Waals surface area (Å²) in [7, 11) is 1.48. The molecular formula is C59H107NO8P+. The van der Waals surface area contributed by atoms with Crippen LogP contribution in [-0.4, -0.2) is 74.9 Å². The monoisotopic (exact) mass is 989 g/mol. The van der Waals surface area contributed by atoms with Crippen LogP contribution in [0.2, 0.25) is 0 Å². The van der Waals surface area contributed by atoms with E-state index in [1.807, 2.05) is 21.1 Å². The molecule has 0 radical (unpaired) electrons. The van der Waals surface area contributed by atoms with E-state index >= 15 is 0 Å². The first-order chi connectivity index (χ1) is 33.5. The molecule has 0 aromatic heterocycles. The summed E-state index contributed by atoms with van der Waals surface area (Å²) in [5.41, 5.74) is 0. The number of carbonyl (C=O) groups excluding carboxylic acids is 2. The number of hydrogen-bond donors (Lipinski definition) is 1. The van der Waals surface area contributed by atoms with Gasteiger partial charge in [0.25, 0.3) is 0 Å². The topological polar surface area (TPSA) is 108 Å². The van der Waals surface area contributed by atoms with Gasteiger partial charge in [-0.2, -0.15) is 0 Å². The lowest BCUT2D eigenvalue weighted by Crippen LogP contribution is -2.37. The van der Waals surface area contributed by atoms with Crippen LogP contribution in [0.15, 0.2) is 72.9 Å². The third-order valence-corrected chi connectivity index (χ3v) is 13.0. The average molecular weight is 989 g/mol. The molecule has 0 amide bonds. The van der Waals surface area contributed by atoms with Crippen LogP contribution in [0.3, 0.4) is 0 Å². The zero-order valence-electron chi connectivity index (χ0n) is 45.3. The Kier molecular flexibility index (Phi) is 48.5. The van der Waals surface area contributed by atoms with E-state index in [1.165, 1.54) is 135 Å². The van der Waals surface area contributed by atoms with Gasteiger partial charge >= 0.3 is 19.8 Å². The minimum absolute atomic E-state index is 0.0318. The van der Waals surface area contributed by atoms with Crippen molar-refractivity contribution in [2.75, 3.05) is 47.5 Å². The van der Waals surface area contributed by atoms with Gasteiger partial charge in [-0.15, -0.1) is 0 Å². The first-order valence-corrected chi connectivity index (χ1v) is 29.7. The fourth-order valence-electron chi connectivity index (χ4n) is 7.67. The number of allylic oxidation sites excluding steroid dienone is 12. The van der Waals surface area contributed by atoms with E-state index in [4.69, 9.17) is 18.5 Å². The van der Waals surface area contributed by atoms with Crippen LogP contribution in [0.1, 0.15) is 239 Å². The number of unbranched alkanes of at least 4 members (excludes halogenated alkanes) is 25. The number of rotatable bonds is 51. The number of likely N-dealkylation sites (N-methyl/N-ethyl adjacent to an activating group) is 1. The number of carbonyl (C=O) groups is 2. The summed E-state index contributed by atoms with van der Waals surface area (Å²) >= 11 is 0. The van der Waals surface area contributed by atoms with Crippen molar-refractivity contribution in [2.45, 2.75) is 245 Å². The standard InChI is InChI=1S/C59H106NO8P/c1-6-8-10-12-14-16-18-19-20-21-22-23-24-25-26-27-28-29-30-31-32-33-34-35-36-37-38-39-40-41-42-44-46-48-50-52-59(62)68-57(56-67-69(63,64)66-54-53-60(3,4)5)55-65-58(61)51-49-47-45-43-17-15-13-11-9-7-2/h8,10,14,16,19-20,22-23,25-26,28-29,57H,6-7,9,11-13,15,17-18,21,24,27,30-56H2,1-5H3/p+1/b10-8-,16-14-,20-19-,23-22-,26-25-,29-28-. The van der Waals surface area contributed by atoms with Gasteiger partial charge < -0.3 is 18.9 Å². The van der Waals surface area contributed by atoms with E-state index in [2.05, 4.69) is 86.8 Å². The molecule has 0 aromatic carbocycles. The Bertz CT molecular complexity index is 1400. The molecule has 2 atom stereocenters. The summed E-state index contributed by atoms with van der Waals surface area (Å²) in [5.74, 6) is -0.794. The number of quaternary nitrogens is 1. The zero-order valence-corrected chi connectivity index (χ0v) is 46.2. The Morgan fingerprint density at radius 3 is 1.23 bits per heavy atom. The second-order valence-electron chi connectivity index (χ2n) is 19.9. The molecule has 0 fully saturated rings. The normalized spacial score (nSPS) is 13.9. The van der Waals surface area contributed by atoms with Crippen molar-refractivity contribution >= 4 is 19.8 Å². The smallest absolute Gasteiger partial charge is 0.462 e. The Labute approximate surface area is 425 Å². The summed E-state index contributed by atoms with van der Waals surface area (Å²) in [5, 5.41) is 0. The SMILES string of the molecule is CC/C=C\C/C=C\C/C=C\C/C=C\C/C=C\C/C=C\CCCCCCCCCCCCCCCCCCC(=O)OC(COC(=O)CCCCCCCCCCCC)COP(=O)(O)OCC[N+](C)(C)C. The first-order valence-electron chi connectivity index (χ1n) is 28.2. The van der Waals surface area contributed by atoms with Crippen molar-refractivity contribution in [1.82, 2.24) is 0 Å². The van der Waals surface area contributed by atoms with Gasteiger partial charge in [-0.1, -0.05) is 234 Å². The molecule has 0 aromatic rings. The van der Waals surface area contributed by atoms with Gasteiger partial charge in [0.15, 0.2) is 6.10 Å². The maximum atomic E-state index is 12.8. The Hall–Kier alpha value is -2.55. The van der Waals surface area contributed by atoms with E-state index in [0.717, 1.165) is 70.6 Å². The van der Waals surface area contributed by atoms with Crippen molar-refractivity contribution in [2.24, 2.45) is 0 Å². The number of ether oxygens (including phenoxy) is 2. The highest BCUT2D eigenvalue weighted by atomic mass is 31.2. The highest BCUT2D eigenvalue weighted by molar-refractivity contribution is 7.47.